The van der Waals surface area contributed by atoms with E-state index in [2.05, 4.69) is 14.8 Å². The van der Waals surface area contributed by atoms with Crippen LogP contribution in [0.4, 0.5) is 11.5 Å². The number of hydrogen-bond acceptors (Lipinski definition) is 4. The zero-order valence-corrected chi connectivity index (χ0v) is 12.2. The van der Waals surface area contributed by atoms with Gasteiger partial charge in [0, 0.05) is 32.1 Å². The molecule has 3 fully saturated rings. The van der Waals surface area contributed by atoms with Gasteiger partial charge in [-0.05, 0) is 36.8 Å². The van der Waals surface area contributed by atoms with Crippen molar-refractivity contribution < 1.29 is 4.79 Å². The quantitative estimate of drug-likeness (QED) is 0.891. The van der Waals surface area contributed by atoms with Crippen LogP contribution in [0.1, 0.15) is 19.3 Å². The molecule has 4 rings (SSSR count). The minimum atomic E-state index is 0.364. The molecule has 5 nitrogen and oxygen atoms in total. The third-order valence-corrected chi connectivity index (χ3v) is 5.42. The van der Waals surface area contributed by atoms with Gasteiger partial charge in [-0.15, -0.1) is 0 Å². The fraction of sp³-hybridized carbons (Fsp3) is 0.625. The van der Waals surface area contributed by atoms with Crippen LogP contribution in [0.3, 0.4) is 0 Å². The molecular weight excluding hydrogens is 264 g/mol. The molecule has 1 amide bonds. The number of anilines is 2. The van der Waals surface area contributed by atoms with E-state index in [9.17, 15) is 4.79 Å². The lowest BCUT2D eigenvalue weighted by molar-refractivity contribution is -0.133. The van der Waals surface area contributed by atoms with E-state index < -0.39 is 0 Å². The lowest BCUT2D eigenvalue weighted by Crippen LogP contribution is -2.49. The second kappa shape index (κ2) is 4.90. The molecule has 3 aliphatic rings. The first-order valence-electron chi connectivity index (χ1n) is 7.99. The SMILES string of the molecule is Nc1ccc(N2CCN(C(=O)C3C4CCCC43)CC2)cn1. The van der Waals surface area contributed by atoms with Gasteiger partial charge in [0.15, 0.2) is 0 Å². The van der Waals surface area contributed by atoms with Gasteiger partial charge in [0.2, 0.25) is 5.91 Å². The second-order valence-electron chi connectivity index (χ2n) is 6.54. The normalized spacial score (nSPS) is 31.1. The monoisotopic (exact) mass is 286 g/mol. The van der Waals surface area contributed by atoms with Crippen molar-refractivity contribution >= 4 is 17.4 Å². The van der Waals surface area contributed by atoms with Crippen molar-refractivity contribution in [2.24, 2.45) is 17.8 Å². The van der Waals surface area contributed by atoms with E-state index in [1.165, 1.54) is 19.3 Å². The molecule has 1 aliphatic heterocycles. The molecule has 2 unspecified atom stereocenters. The van der Waals surface area contributed by atoms with Crippen molar-refractivity contribution in [2.45, 2.75) is 19.3 Å². The molecule has 1 aromatic heterocycles. The van der Waals surface area contributed by atoms with Gasteiger partial charge in [0.25, 0.3) is 0 Å². The molecule has 0 aromatic carbocycles. The summed E-state index contributed by atoms with van der Waals surface area (Å²) >= 11 is 0. The number of piperazine rings is 1. The first kappa shape index (κ1) is 12.9. The number of hydrogen-bond donors (Lipinski definition) is 1. The maximum absolute atomic E-state index is 12.5. The summed E-state index contributed by atoms with van der Waals surface area (Å²) < 4.78 is 0. The number of aromatic nitrogens is 1. The van der Waals surface area contributed by atoms with Crippen molar-refractivity contribution in [2.75, 3.05) is 36.8 Å². The Morgan fingerprint density at radius 2 is 1.86 bits per heavy atom. The van der Waals surface area contributed by atoms with E-state index >= 15 is 0 Å². The third-order valence-electron chi connectivity index (χ3n) is 5.42. The molecule has 2 heterocycles. The Balaban J connectivity index is 1.34. The zero-order valence-electron chi connectivity index (χ0n) is 12.2. The first-order chi connectivity index (χ1) is 10.2. The van der Waals surface area contributed by atoms with Crippen molar-refractivity contribution in [1.82, 2.24) is 9.88 Å². The van der Waals surface area contributed by atoms with Gasteiger partial charge in [0.1, 0.15) is 5.82 Å². The Bertz CT molecular complexity index is 526. The molecule has 2 aliphatic carbocycles. The van der Waals surface area contributed by atoms with Gasteiger partial charge < -0.3 is 15.5 Å². The van der Waals surface area contributed by atoms with Crippen molar-refractivity contribution in [3.05, 3.63) is 18.3 Å². The smallest absolute Gasteiger partial charge is 0.226 e. The summed E-state index contributed by atoms with van der Waals surface area (Å²) in [6.45, 7) is 3.44. The number of fused-ring (bicyclic) bond motifs is 1. The van der Waals surface area contributed by atoms with Crippen LogP contribution in [-0.2, 0) is 4.79 Å². The highest BCUT2D eigenvalue weighted by atomic mass is 16.2. The molecule has 5 heteroatoms. The van der Waals surface area contributed by atoms with Crippen LogP contribution >= 0.6 is 0 Å². The number of rotatable bonds is 2. The lowest BCUT2D eigenvalue weighted by atomic mass is 10.1. The molecular formula is C16H22N4O. The van der Waals surface area contributed by atoms with Crippen molar-refractivity contribution in [1.29, 1.82) is 0 Å². The highest BCUT2D eigenvalue weighted by Crippen LogP contribution is 2.58. The average molecular weight is 286 g/mol. The zero-order chi connectivity index (χ0) is 14.4. The van der Waals surface area contributed by atoms with Gasteiger partial charge in [-0.3, -0.25) is 4.79 Å². The van der Waals surface area contributed by atoms with E-state index in [0.717, 1.165) is 43.7 Å². The number of pyridine rings is 1. The van der Waals surface area contributed by atoms with Gasteiger partial charge in [0.05, 0.1) is 11.9 Å². The van der Waals surface area contributed by atoms with Gasteiger partial charge in [-0.25, -0.2) is 4.98 Å². The fourth-order valence-electron chi connectivity index (χ4n) is 4.17. The van der Waals surface area contributed by atoms with Crippen LogP contribution in [-0.4, -0.2) is 42.0 Å². The Kier molecular flexibility index (Phi) is 3.01. The first-order valence-corrected chi connectivity index (χ1v) is 7.99. The second-order valence-corrected chi connectivity index (χ2v) is 6.54. The topological polar surface area (TPSA) is 62.5 Å². The maximum atomic E-state index is 12.5. The predicted octanol–water partition coefficient (Wildman–Crippen LogP) is 1.36. The van der Waals surface area contributed by atoms with Crippen LogP contribution in [0.5, 0.6) is 0 Å². The van der Waals surface area contributed by atoms with E-state index in [0.29, 0.717) is 17.6 Å². The van der Waals surface area contributed by atoms with Crippen LogP contribution in [0.2, 0.25) is 0 Å². The fourth-order valence-corrected chi connectivity index (χ4v) is 4.17. The van der Waals surface area contributed by atoms with Crippen LogP contribution < -0.4 is 10.6 Å². The molecule has 112 valence electrons. The van der Waals surface area contributed by atoms with Crippen LogP contribution in [0.25, 0.3) is 0 Å². The number of nitrogens with two attached hydrogens (primary N) is 1. The predicted molar refractivity (Wildman–Crippen MR) is 81.8 cm³/mol. The Morgan fingerprint density at radius 1 is 1.14 bits per heavy atom. The summed E-state index contributed by atoms with van der Waals surface area (Å²) in [6, 6.07) is 3.84. The molecule has 2 saturated carbocycles. The summed E-state index contributed by atoms with van der Waals surface area (Å²) in [5.41, 5.74) is 6.72. The van der Waals surface area contributed by atoms with E-state index in [-0.39, 0.29) is 0 Å². The van der Waals surface area contributed by atoms with Crippen LogP contribution in [0.15, 0.2) is 18.3 Å². The van der Waals surface area contributed by atoms with E-state index in [1.807, 2.05) is 18.3 Å². The number of carbonyl (C=O) groups excluding carboxylic acids is 1. The summed E-state index contributed by atoms with van der Waals surface area (Å²) in [7, 11) is 0. The number of carbonyl (C=O) groups is 1. The molecule has 1 saturated heterocycles. The molecule has 0 radical (unpaired) electrons. The number of amides is 1. The average Bonchev–Trinajstić information content (AvgIpc) is 2.99. The molecule has 21 heavy (non-hydrogen) atoms. The molecule has 2 N–H and O–H groups in total. The van der Waals surface area contributed by atoms with E-state index in [1.54, 1.807) is 0 Å². The van der Waals surface area contributed by atoms with Crippen molar-refractivity contribution in [3.63, 3.8) is 0 Å². The number of nitrogen functional groups attached to an aromatic ring is 1. The summed E-state index contributed by atoms with van der Waals surface area (Å²) in [5, 5.41) is 0. The largest absolute Gasteiger partial charge is 0.384 e. The maximum Gasteiger partial charge on any atom is 0.226 e. The highest BCUT2D eigenvalue weighted by molar-refractivity contribution is 5.82. The minimum Gasteiger partial charge on any atom is -0.384 e. The van der Waals surface area contributed by atoms with Crippen LogP contribution in [0, 0.1) is 17.8 Å². The summed E-state index contributed by atoms with van der Waals surface area (Å²) in [4.78, 5) is 21.0. The van der Waals surface area contributed by atoms with Gasteiger partial charge in [-0.2, -0.15) is 0 Å². The molecule has 0 bridgehead atoms. The minimum absolute atomic E-state index is 0.364. The van der Waals surface area contributed by atoms with Gasteiger partial charge in [-0.1, -0.05) is 6.42 Å². The molecule has 2 atom stereocenters. The standard InChI is InChI=1S/C16H22N4O/c17-14-5-4-11(10-18-14)19-6-8-20(9-7-19)16(21)15-12-2-1-3-13(12)15/h4-5,10,12-13,15H,1-3,6-9H2,(H2,17,18). The highest BCUT2D eigenvalue weighted by Gasteiger charge is 2.57. The Labute approximate surface area is 125 Å². The molecule has 1 aromatic rings. The summed E-state index contributed by atoms with van der Waals surface area (Å²) in [5.74, 6) is 2.77. The van der Waals surface area contributed by atoms with Gasteiger partial charge >= 0.3 is 0 Å². The molecule has 0 spiro atoms. The lowest BCUT2D eigenvalue weighted by Gasteiger charge is -2.36. The third kappa shape index (κ3) is 2.24. The van der Waals surface area contributed by atoms with E-state index in [4.69, 9.17) is 5.73 Å². The Hall–Kier alpha value is -1.78. The number of nitrogens with zero attached hydrogens (tertiary/aromatic N) is 3. The summed E-state index contributed by atoms with van der Waals surface area (Å²) in [6.07, 6.45) is 5.70. The Morgan fingerprint density at radius 3 is 2.48 bits per heavy atom. The van der Waals surface area contributed by atoms with Crippen molar-refractivity contribution in [3.8, 4) is 0 Å².